The number of anilines is 2. The van der Waals surface area contributed by atoms with E-state index < -0.39 is 11.7 Å². The maximum Gasteiger partial charge on any atom is 0.408 e. The lowest BCUT2D eigenvalue weighted by Gasteiger charge is -2.42. The number of nitrogens with one attached hydrogen (secondary N) is 2. The van der Waals surface area contributed by atoms with Gasteiger partial charge >= 0.3 is 6.09 Å². The molecule has 7 nitrogen and oxygen atoms in total. The maximum atomic E-state index is 12.6. The molecule has 0 radical (unpaired) electrons. The number of aromatic nitrogens is 3. The fraction of sp³-hybridized carbons (Fsp3) is 0.276. The molecular weight excluding hydrogens is 486 g/mol. The number of para-hydroxylation sites is 1. The van der Waals surface area contributed by atoms with Crippen molar-refractivity contribution in [2.24, 2.45) is 0 Å². The normalized spacial score (nSPS) is 15.2. The zero-order chi connectivity index (χ0) is 25.8. The molecular formula is C29H28ClN5O2. The highest BCUT2D eigenvalue weighted by Crippen LogP contribution is 2.47. The van der Waals surface area contributed by atoms with Gasteiger partial charge in [0, 0.05) is 22.9 Å². The number of nitrogens with zero attached hydrogens (tertiary/aromatic N) is 3. The second kappa shape index (κ2) is 8.63. The number of imidazole rings is 1. The summed E-state index contributed by atoms with van der Waals surface area (Å²) in [6.07, 6.45) is 3.99. The molecule has 1 aliphatic carbocycles. The van der Waals surface area contributed by atoms with Gasteiger partial charge in [-0.1, -0.05) is 48.0 Å². The van der Waals surface area contributed by atoms with Gasteiger partial charge in [0.1, 0.15) is 11.4 Å². The fourth-order valence-electron chi connectivity index (χ4n) is 5.03. The van der Waals surface area contributed by atoms with Crippen molar-refractivity contribution in [2.45, 2.75) is 51.2 Å². The predicted molar refractivity (Wildman–Crippen MR) is 145 cm³/mol. The van der Waals surface area contributed by atoms with Gasteiger partial charge < -0.3 is 15.4 Å². The summed E-state index contributed by atoms with van der Waals surface area (Å²) in [5.41, 5.74) is 4.43. The van der Waals surface area contributed by atoms with E-state index in [0.29, 0.717) is 5.15 Å². The average Bonchev–Trinajstić information content (AvgIpc) is 3.11. The molecule has 1 fully saturated rings. The molecule has 188 valence electrons. The molecule has 0 saturated heterocycles. The van der Waals surface area contributed by atoms with E-state index in [4.69, 9.17) is 21.3 Å². The summed E-state index contributed by atoms with van der Waals surface area (Å²) in [5, 5.41) is 6.76. The molecule has 0 bridgehead atoms. The van der Waals surface area contributed by atoms with Crippen LogP contribution < -0.4 is 10.6 Å². The Morgan fingerprint density at radius 1 is 1.08 bits per heavy atom. The number of rotatable bonds is 3. The van der Waals surface area contributed by atoms with Crippen molar-refractivity contribution in [3.8, 4) is 28.3 Å². The summed E-state index contributed by atoms with van der Waals surface area (Å²) in [5.74, 6) is 1.48. The second-order valence-corrected chi connectivity index (χ2v) is 11.0. The van der Waals surface area contributed by atoms with Crippen LogP contribution in [0.5, 0.6) is 0 Å². The number of alkyl carbamates (subject to hydrolysis) is 1. The van der Waals surface area contributed by atoms with Crippen LogP contribution in [0.2, 0.25) is 5.15 Å². The van der Waals surface area contributed by atoms with Crippen LogP contribution in [0.1, 0.15) is 45.6 Å². The van der Waals surface area contributed by atoms with Crippen molar-refractivity contribution in [1.29, 1.82) is 0 Å². The quantitative estimate of drug-likeness (QED) is 0.266. The average molecular weight is 514 g/mol. The molecule has 37 heavy (non-hydrogen) atoms. The van der Waals surface area contributed by atoms with E-state index in [9.17, 15) is 4.79 Å². The van der Waals surface area contributed by atoms with Crippen LogP contribution in [0.3, 0.4) is 0 Å². The highest BCUT2D eigenvalue weighted by atomic mass is 35.5. The molecule has 0 spiro atoms. The lowest BCUT2D eigenvalue weighted by atomic mass is 9.74. The van der Waals surface area contributed by atoms with Crippen molar-refractivity contribution in [3.05, 3.63) is 77.6 Å². The molecule has 2 aliphatic rings. The third-order valence-electron chi connectivity index (χ3n) is 6.89. The molecule has 0 unspecified atom stereocenters. The Morgan fingerprint density at radius 3 is 2.54 bits per heavy atom. The summed E-state index contributed by atoms with van der Waals surface area (Å²) in [4.78, 5) is 21.9. The topological polar surface area (TPSA) is 81.1 Å². The van der Waals surface area contributed by atoms with Gasteiger partial charge in [-0.25, -0.2) is 14.8 Å². The first-order valence-corrected chi connectivity index (χ1v) is 12.8. The fourth-order valence-corrected chi connectivity index (χ4v) is 5.31. The molecule has 2 N–H and O–H groups in total. The van der Waals surface area contributed by atoms with Crippen LogP contribution in [0, 0.1) is 0 Å². The Hall–Kier alpha value is -3.84. The molecule has 1 saturated carbocycles. The van der Waals surface area contributed by atoms with Gasteiger partial charge in [-0.05, 0) is 69.9 Å². The highest BCUT2D eigenvalue weighted by molar-refractivity contribution is 6.32. The van der Waals surface area contributed by atoms with Gasteiger partial charge in [0.15, 0.2) is 11.0 Å². The lowest BCUT2D eigenvalue weighted by Crippen LogP contribution is -2.47. The van der Waals surface area contributed by atoms with Gasteiger partial charge in [0.2, 0.25) is 0 Å². The lowest BCUT2D eigenvalue weighted by molar-refractivity contribution is -0.0549. The standard InChI is InChI=1S/C29H28ClN5O2/c1-28(2,3)34-27(36)37-29(15-7-16-29)19-13-11-18(12-14-19)23-24(30)33-26-20-8-4-5-9-21(20)32-25-22(35(23)26)10-6-17-31-25/h4-6,8-14,17H,7,15-16H2,1-3H3,(H,31,32)(H,34,36). The van der Waals surface area contributed by atoms with E-state index in [-0.39, 0.29) is 5.54 Å². The Bertz CT molecular complexity index is 1500. The number of ether oxygens (including phenoxy) is 1. The van der Waals surface area contributed by atoms with Crippen molar-refractivity contribution >= 4 is 29.2 Å². The minimum Gasteiger partial charge on any atom is -0.438 e. The zero-order valence-electron chi connectivity index (χ0n) is 21.0. The van der Waals surface area contributed by atoms with E-state index in [1.165, 1.54) is 0 Å². The summed E-state index contributed by atoms with van der Waals surface area (Å²) >= 11 is 6.80. The van der Waals surface area contributed by atoms with Gasteiger partial charge in [-0.3, -0.25) is 4.57 Å². The number of carbonyl (C=O) groups is 1. The van der Waals surface area contributed by atoms with E-state index in [1.807, 2.05) is 81.4 Å². The van der Waals surface area contributed by atoms with E-state index >= 15 is 0 Å². The third kappa shape index (κ3) is 4.13. The molecule has 2 aromatic heterocycles. The smallest absolute Gasteiger partial charge is 0.408 e. The number of carbonyl (C=O) groups excluding carboxylic acids is 1. The highest BCUT2D eigenvalue weighted by Gasteiger charge is 2.43. The molecule has 4 aromatic rings. The first kappa shape index (κ1) is 23.6. The predicted octanol–water partition coefficient (Wildman–Crippen LogP) is 7.22. The van der Waals surface area contributed by atoms with E-state index in [0.717, 1.165) is 64.7 Å². The van der Waals surface area contributed by atoms with Crippen molar-refractivity contribution in [2.75, 3.05) is 5.32 Å². The number of hydrogen-bond acceptors (Lipinski definition) is 5. The van der Waals surface area contributed by atoms with Crippen LogP contribution in [-0.2, 0) is 10.3 Å². The third-order valence-corrected chi connectivity index (χ3v) is 7.16. The Labute approximate surface area is 220 Å². The molecule has 3 heterocycles. The molecule has 1 aliphatic heterocycles. The van der Waals surface area contributed by atoms with Crippen LogP contribution in [0.15, 0.2) is 66.9 Å². The summed E-state index contributed by atoms with van der Waals surface area (Å²) in [6.45, 7) is 5.82. The maximum absolute atomic E-state index is 12.6. The monoisotopic (exact) mass is 513 g/mol. The molecule has 8 heteroatoms. The Balaban J connectivity index is 1.41. The first-order chi connectivity index (χ1) is 17.7. The van der Waals surface area contributed by atoms with Crippen LogP contribution in [-0.4, -0.2) is 26.2 Å². The number of hydrogen-bond donors (Lipinski definition) is 2. The summed E-state index contributed by atoms with van der Waals surface area (Å²) < 4.78 is 8.03. The minimum absolute atomic E-state index is 0.360. The van der Waals surface area contributed by atoms with Crippen LogP contribution >= 0.6 is 11.6 Å². The van der Waals surface area contributed by atoms with Crippen molar-refractivity contribution in [1.82, 2.24) is 19.9 Å². The first-order valence-electron chi connectivity index (χ1n) is 12.5. The molecule has 1 amide bonds. The van der Waals surface area contributed by atoms with Gasteiger partial charge in [-0.2, -0.15) is 0 Å². The minimum atomic E-state index is -0.606. The number of amides is 1. The Kier molecular flexibility index (Phi) is 5.49. The van der Waals surface area contributed by atoms with Crippen molar-refractivity contribution in [3.63, 3.8) is 0 Å². The summed E-state index contributed by atoms with van der Waals surface area (Å²) in [7, 11) is 0. The zero-order valence-corrected chi connectivity index (χ0v) is 21.8. The van der Waals surface area contributed by atoms with E-state index in [1.54, 1.807) is 6.20 Å². The van der Waals surface area contributed by atoms with Gasteiger partial charge in [-0.15, -0.1) is 0 Å². The number of fused-ring (bicyclic) bond motifs is 5. The van der Waals surface area contributed by atoms with E-state index in [2.05, 4.69) is 20.2 Å². The number of benzene rings is 2. The Morgan fingerprint density at radius 2 is 1.84 bits per heavy atom. The van der Waals surface area contributed by atoms with Crippen LogP contribution in [0.25, 0.3) is 28.3 Å². The van der Waals surface area contributed by atoms with Gasteiger partial charge in [0.25, 0.3) is 0 Å². The second-order valence-electron chi connectivity index (χ2n) is 10.6. The molecule has 6 rings (SSSR count). The largest absolute Gasteiger partial charge is 0.438 e. The SMILES string of the molecule is CC(C)(C)NC(=O)OC1(c2ccc(-c3c(Cl)nc4n3-c3cccnc3Nc3ccccc3-4)cc2)CCC1. The molecule has 0 atom stereocenters. The molecule has 2 aromatic carbocycles. The number of halogens is 1. The van der Waals surface area contributed by atoms with Crippen LogP contribution in [0.4, 0.5) is 16.3 Å². The number of pyridine rings is 1. The summed E-state index contributed by atoms with van der Waals surface area (Å²) in [6, 6.07) is 20.0. The van der Waals surface area contributed by atoms with Gasteiger partial charge in [0.05, 0.1) is 17.1 Å². The van der Waals surface area contributed by atoms with Crippen molar-refractivity contribution < 1.29 is 9.53 Å².